The minimum absolute atomic E-state index is 0. The molecule has 4 aromatic rings. The molecule has 0 spiro atoms. The van der Waals surface area contributed by atoms with E-state index >= 15 is 0 Å². The summed E-state index contributed by atoms with van der Waals surface area (Å²) in [6.07, 6.45) is 18.1. The zero-order chi connectivity index (χ0) is 28.6. The normalized spacial score (nSPS) is 27.8. The zero-order valence-electron chi connectivity index (χ0n) is 26.0. The van der Waals surface area contributed by atoms with Gasteiger partial charge >= 0.3 is 266 Å². The molecule has 0 heterocycles. The van der Waals surface area contributed by atoms with Crippen molar-refractivity contribution in [3.05, 3.63) is 147 Å². The van der Waals surface area contributed by atoms with Crippen LogP contribution in [0.4, 0.5) is 0 Å². The van der Waals surface area contributed by atoms with E-state index in [1.165, 1.54) is 66.3 Å². The van der Waals surface area contributed by atoms with Gasteiger partial charge in [0.15, 0.2) is 0 Å². The minimum atomic E-state index is -2.73. The van der Waals surface area contributed by atoms with Crippen LogP contribution in [0.5, 0.6) is 0 Å². The number of hydrogen-bond donors (Lipinski definition) is 0. The third-order valence-electron chi connectivity index (χ3n) is 12.0. The van der Waals surface area contributed by atoms with Gasteiger partial charge in [0.05, 0.1) is 0 Å². The molecule has 0 N–H and O–H groups in total. The average molecular weight is 707 g/mol. The molecule has 0 nitrogen and oxygen atoms in total. The molecular formula is C42H40Cl2Zr. The fourth-order valence-electron chi connectivity index (χ4n) is 10.4. The Morgan fingerprint density at radius 3 is 1.82 bits per heavy atom. The van der Waals surface area contributed by atoms with Gasteiger partial charge in [-0.1, -0.05) is 0 Å². The molecule has 0 aromatic heterocycles. The van der Waals surface area contributed by atoms with E-state index in [9.17, 15) is 0 Å². The summed E-state index contributed by atoms with van der Waals surface area (Å²) in [4.78, 5) is 0. The van der Waals surface area contributed by atoms with Crippen molar-refractivity contribution in [2.24, 2.45) is 28.6 Å². The number of fused-ring (bicyclic) bond motifs is 3. The molecule has 1 unspecified atom stereocenters. The predicted molar refractivity (Wildman–Crippen MR) is 176 cm³/mol. The van der Waals surface area contributed by atoms with Gasteiger partial charge in [-0.3, -0.25) is 0 Å². The van der Waals surface area contributed by atoms with Gasteiger partial charge < -0.3 is 24.8 Å². The van der Waals surface area contributed by atoms with Crippen molar-refractivity contribution in [2.45, 2.75) is 51.9 Å². The summed E-state index contributed by atoms with van der Waals surface area (Å²) in [5.41, 5.74) is 9.45. The van der Waals surface area contributed by atoms with Crippen LogP contribution in [0.25, 0.3) is 11.1 Å². The van der Waals surface area contributed by atoms with Crippen LogP contribution in [-0.4, -0.2) is 3.21 Å². The maximum absolute atomic E-state index is 2.85. The molecule has 6 aliphatic rings. The molecule has 0 saturated heterocycles. The standard InChI is InChI=1S/C16H21.C13H9.C13H10.2ClH.Zr/c1-15(4-2-3-5-15)16-9-12-6-13(10-16)8-14(7-12)11-16;1-3-7-12-10(5-1)9-11-6-2-4-8-13(11)12;1-3-7-12(8-4-1)11-13-9-5-2-6-10-13;;;/h2,4-5,12-14H,6-11H2,1H3;1-5,7-8H,9H2;1-10H;2*1H;/q;;;;;+2/p-2. The number of hydrogen-bond acceptors (Lipinski definition) is 0. The Morgan fingerprint density at radius 2 is 1.20 bits per heavy atom. The molecule has 4 aromatic carbocycles. The maximum Gasteiger partial charge on any atom is -1.00 e. The Morgan fingerprint density at radius 1 is 0.644 bits per heavy atom. The first-order chi connectivity index (χ1) is 21.1. The van der Waals surface area contributed by atoms with Gasteiger partial charge in [-0.25, -0.2) is 0 Å². The smallest absolute Gasteiger partial charge is 1.00 e. The van der Waals surface area contributed by atoms with Crippen LogP contribution in [0.3, 0.4) is 0 Å². The van der Waals surface area contributed by atoms with Gasteiger partial charge in [0.2, 0.25) is 0 Å². The van der Waals surface area contributed by atoms with Gasteiger partial charge in [-0.15, -0.1) is 0 Å². The largest absolute Gasteiger partial charge is 1.00 e. The van der Waals surface area contributed by atoms with Crippen LogP contribution in [-0.2, 0) is 27.7 Å². The van der Waals surface area contributed by atoms with Crippen LogP contribution in [0, 0.1) is 28.6 Å². The minimum Gasteiger partial charge on any atom is -1.00 e. The molecule has 6 aliphatic carbocycles. The van der Waals surface area contributed by atoms with Crippen molar-refractivity contribution in [1.82, 2.24) is 0 Å². The summed E-state index contributed by atoms with van der Waals surface area (Å²) in [7, 11) is 0. The van der Waals surface area contributed by atoms with Gasteiger partial charge in [-0.05, 0) is 0 Å². The zero-order valence-corrected chi connectivity index (χ0v) is 30.0. The number of halogens is 2. The monoisotopic (exact) mass is 704 g/mol. The molecule has 4 saturated carbocycles. The molecule has 226 valence electrons. The Kier molecular flexibility index (Phi) is 8.38. The number of rotatable bonds is 5. The molecule has 4 fully saturated rings. The Hall–Kier alpha value is -2.31. The van der Waals surface area contributed by atoms with Gasteiger partial charge in [0, 0.05) is 0 Å². The van der Waals surface area contributed by atoms with Crippen molar-refractivity contribution in [1.29, 1.82) is 0 Å². The third-order valence-corrected chi connectivity index (χ3v) is 19.3. The fourth-order valence-corrected chi connectivity index (χ4v) is 18.4. The predicted octanol–water partition coefficient (Wildman–Crippen LogP) is 3.45. The first-order valence-corrected chi connectivity index (χ1v) is 20.3. The molecule has 0 radical (unpaired) electrons. The van der Waals surface area contributed by atoms with E-state index in [4.69, 9.17) is 0 Å². The van der Waals surface area contributed by atoms with Crippen LogP contribution < -0.4 is 28.1 Å². The van der Waals surface area contributed by atoms with E-state index in [-0.39, 0.29) is 30.2 Å². The summed E-state index contributed by atoms with van der Waals surface area (Å²) in [5.74, 6) is 2.91. The molecule has 45 heavy (non-hydrogen) atoms. The van der Waals surface area contributed by atoms with Crippen molar-refractivity contribution in [2.75, 3.05) is 0 Å². The van der Waals surface area contributed by atoms with Crippen LogP contribution in [0.15, 0.2) is 125 Å². The summed E-state index contributed by atoms with van der Waals surface area (Å²) >= 11 is -2.73. The number of allylic oxidation sites excluding steroid dienone is 4. The van der Waals surface area contributed by atoms with E-state index < -0.39 is 21.3 Å². The molecule has 0 aliphatic heterocycles. The van der Waals surface area contributed by atoms with Crippen molar-refractivity contribution in [3.63, 3.8) is 0 Å². The van der Waals surface area contributed by atoms with E-state index in [1.807, 2.05) is 0 Å². The maximum atomic E-state index is 2.85. The SMILES string of the molecule is CC1(C23CC4CC(CC(C4)C2)C3)C=C[C]([Zr+2](=[C](c2ccccc2)c2ccccc2)[c]2cccc3c2Cc2ccccc2-3)=C1.[Cl-].[Cl-]. The molecule has 4 bridgehead atoms. The summed E-state index contributed by atoms with van der Waals surface area (Å²) in [6, 6.07) is 39.2. The topological polar surface area (TPSA) is 0 Å². The average Bonchev–Trinajstić information content (AvgIpc) is 3.62. The van der Waals surface area contributed by atoms with Gasteiger partial charge in [0.25, 0.3) is 0 Å². The quantitative estimate of drug-likeness (QED) is 0.263. The molecule has 0 amide bonds. The van der Waals surface area contributed by atoms with Crippen LogP contribution in [0.2, 0.25) is 0 Å². The van der Waals surface area contributed by atoms with Crippen molar-refractivity contribution >= 4 is 6.48 Å². The summed E-state index contributed by atoms with van der Waals surface area (Å²) in [6.45, 7) is 2.63. The van der Waals surface area contributed by atoms with Crippen LogP contribution in [0.1, 0.15) is 67.7 Å². The van der Waals surface area contributed by atoms with E-state index in [1.54, 1.807) is 15.3 Å². The van der Waals surface area contributed by atoms with E-state index in [0.29, 0.717) is 5.41 Å². The summed E-state index contributed by atoms with van der Waals surface area (Å²) in [5, 5.41) is 0. The van der Waals surface area contributed by atoms with Gasteiger partial charge in [-0.2, -0.15) is 0 Å². The molecule has 1 atom stereocenters. The van der Waals surface area contributed by atoms with Crippen LogP contribution >= 0.6 is 0 Å². The number of benzene rings is 4. The third kappa shape index (κ3) is 5.08. The van der Waals surface area contributed by atoms with E-state index in [0.717, 1.165) is 24.2 Å². The van der Waals surface area contributed by atoms with E-state index in [2.05, 4.69) is 128 Å². The Labute approximate surface area is 289 Å². The second-order valence-corrected chi connectivity index (χ2v) is 20.4. The second-order valence-electron chi connectivity index (χ2n) is 14.6. The molecule has 3 heteroatoms. The second kappa shape index (κ2) is 12.1. The van der Waals surface area contributed by atoms with Crippen molar-refractivity contribution in [3.8, 4) is 11.1 Å². The Balaban J connectivity index is 0.00000163. The van der Waals surface area contributed by atoms with Crippen molar-refractivity contribution < 1.29 is 46.1 Å². The Bertz CT molecular complexity index is 1760. The van der Waals surface area contributed by atoms with Gasteiger partial charge in [0.1, 0.15) is 0 Å². The molecular weight excluding hydrogens is 667 g/mol. The first kappa shape index (κ1) is 31.3. The fraction of sp³-hybridized carbons (Fsp3) is 0.310. The molecule has 10 rings (SSSR count). The first-order valence-electron chi connectivity index (χ1n) is 16.6. The summed E-state index contributed by atoms with van der Waals surface area (Å²) < 4.78 is 4.98.